The van der Waals surface area contributed by atoms with Crippen LogP contribution < -0.4 is 5.32 Å². The molecule has 0 spiro atoms. The van der Waals surface area contributed by atoms with Crippen LogP contribution in [0, 0.1) is 6.92 Å². The molecule has 0 fully saturated rings. The van der Waals surface area contributed by atoms with Gasteiger partial charge in [-0.2, -0.15) is 0 Å². The van der Waals surface area contributed by atoms with Gasteiger partial charge < -0.3 is 5.32 Å². The number of rotatable bonds is 3. The van der Waals surface area contributed by atoms with E-state index in [0.717, 1.165) is 31.8 Å². The van der Waals surface area contributed by atoms with Gasteiger partial charge in [-0.05, 0) is 68.1 Å². The van der Waals surface area contributed by atoms with E-state index in [1.165, 1.54) is 5.56 Å². The van der Waals surface area contributed by atoms with E-state index in [2.05, 4.69) is 56.2 Å². The predicted octanol–water partition coefficient (Wildman–Crippen LogP) is 5.79. The highest BCUT2D eigenvalue weighted by Gasteiger charge is 2.03. The fraction of sp³-hybridized carbons (Fsp3) is 0.143. The zero-order chi connectivity index (χ0) is 13.1. The highest BCUT2D eigenvalue weighted by Crippen LogP contribution is 2.27. The summed E-state index contributed by atoms with van der Waals surface area (Å²) < 4.78 is 2.03. The van der Waals surface area contributed by atoms with Crippen LogP contribution in [0.2, 0.25) is 5.02 Å². The van der Waals surface area contributed by atoms with E-state index in [-0.39, 0.29) is 0 Å². The molecular weight excluding hydrogens is 377 g/mol. The normalized spacial score (nSPS) is 10.4. The maximum atomic E-state index is 6.07. The van der Waals surface area contributed by atoms with Gasteiger partial charge in [0.05, 0.1) is 5.02 Å². The molecule has 0 aliphatic heterocycles. The zero-order valence-electron chi connectivity index (χ0n) is 9.81. The number of hydrogen-bond donors (Lipinski definition) is 1. The summed E-state index contributed by atoms with van der Waals surface area (Å²) in [6, 6.07) is 12.1. The van der Waals surface area contributed by atoms with Crippen molar-refractivity contribution in [2.24, 2.45) is 0 Å². The van der Waals surface area contributed by atoms with E-state index in [9.17, 15) is 0 Å². The first-order chi connectivity index (χ1) is 8.58. The third-order valence-corrected chi connectivity index (χ3v) is 4.94. The van der Waals surface area contributed by atoms with Crippen molar-refractivity contribution in [1.82, 2.24) is 0 Å². The maximum absolute atomic E-state index is 6.07. The zero-order valence-corrected chi connectivity index (χ0v) is 13.7. The first kappa shape index (κ1) is 13.9. The van der Waals surface area contributed by atoms with Crippen molar-refractivity contribution in [3.05, 3.63) is 61.5 Å². The third-order valence-electron chi connectivity index (χ3n) is 2.66. The molecule has 0 radical (unpaired) electrons. The second-order valence-corrected chi connectivity index (χ2v) is 6.09. The average molecular weight is 390 g/mol. The number of hydrogen-bond acceptors (Lipinski definition) is 1. The van der Waals surface area contributed by atoms with Gasteiger partial charge in [-0.15, -0.1) is 0 Å². The summed E-state index contributed by atoms with van der Waals surface area (Å²) in [4.78, 5) is 0. The fourth-order valence-electron chi connectivity index (χ4n) is 1.63. The molecule has 2 aromatic carbocycles. The van der Waals surface area contributed by atoms with Gasteiger partial charge in [-0.1, -0.05) is 29.8 Å². The van der Waals surface area contributed by atoms with Gasteiger partial charge in [-0.25, -0.2) is 0 Å². The molecule has 0 atom stereocenters. The monoisotopic (exact) mass is 387 g/mol. The predicted molar refractivity (Wildman–Crippen MR) is 85.4 cm³/mol. The number of benzene rings is 2. The fourth-order valence-corrected chi connectivity index (χ4v) is 2.49. The minimum atomic E-state index is 0.734. The molecule has 0 saturated heterocycles. The molecule has 0 amide bonds. The van der Waals surface area contributed by atoms with E-state index in [4.69, 9.17) is 11.6 Å². The average Bonchev–Trinajstić information content (AvgIpc) is 2.35. The van der Waals surface area contributed by atoms with Gasteiger partial charge in [0, 0.05) is 21.2 Å². The number of aryl methyl sites for hydroxylation is 1. The summed E-state index contributed by atoms with van der Waals surface area (Å²) >= 11 is 13.0. The second kappa shape index (κ2) is 6.09. The first-order valence-corrected chi connectivity index (χ1v) is 7.47. The molecule has 2 aromatic rings. The Morgan fingerprint density at radius 3 is 2.67 bits per heavy atom. The quantitative estimate of drug-likeness (QED) is 0.701. The molecule has 2 rings (SSSR count). The Kier molecular flexibility index (Phi) is 4.71. The lowest BCUT2D eigenvalue weighted by atomic mass is 10.2. The van der Waals surface area contributed by atoms with Crippen molar-refractivity contribution < 1.29 is 0 Å². The Morgan fingerprint density at radius 1 is 1.17 bits per heavy atom. The Hall–Kier alpha value is -0.510. The third kappa shape index (κ3) is 3.28. The summed E-state index contributed by atoms with van der Waals surface area (Å²) in [5.74, 6) is 0. The van der Waals surface area contributed by atoms with Crippen molar-refractivity contribution in [3.8, 4) is 0 Å². The van der Waals surface area contributed by atoms with Gasteiger partial charge in [0.15, 0.2) is 0 Å². The Morgan fingerprint density at radius 2 is 1.94 bits per heavy atom. The molecule has 0 saturated carbocycles. The van der Waals surface area contributed by atoms with Crippen molar-refractivity contribution in [2.75, 3.05) is 5.32 Å². The summed E-state index contributed by atoms with van der Waals surface area (Å²) in [6.45, 7) is 2.82. The van der Waals surface area contributed by atoms with Crippen LogP contribution in [0.1, 0.15) is 11.1 Å². The smallest absolute Gasteiger partial charge is 0.0551 e. The van der Waals surface area contributed by atoms with Gasteiger partial charge in [0.2, 0.25) is 0 Å². The molecule has 0 heterocycles. The van der Waals surface area contributed by atoms with Crippen molar-refractivity contribution in [2.45, 2.75) is 13.5 Å². The largest absolute Gasteiger partial charge is 0.380 e. The van der Waals surface area contributed by atoms with Crippen LogP contribution in [0.25, 0.3) is 0 Å². The summed E-state index contributed by atoms with van der Waals surface area (Å²) in [6.07, 6.45) is 0. The first-order valence-electron chi connectivity index (χ1n) is 5.51. The molecule has 18 heavy (non-hydrogen) atoms. The van der Waals surface area contributed by atoms with Crippen LogP contribution >= 0.6 is 43.5 Å². The Balaban J connectivity index is 2.11. The minimum absolute atomic E-state index is 0.734. The molecule has 0 aliphatic carbocycles. The highest BCUT2D eigenvalue weighted by molar-refractivity contribution is 9.11. The van der Waals surface area contributed by atoms with Gasteiger partial charge in [0.1, 0.15) is 0 Å². The molecule has 1 N–H and O–H groups in total. The number of halogens is 3. The van der Waals surface area contributed by atoms with E-state index in [1.807, 2.05) is 24.3 Å². The van der Waals surface area contributed by atoms with Gasteiger partial charge in [0.25, 0.3) is 0 Å². The standard InChI is InChI=1S/C14H12Br2ClN/c1-9-3-2-4-13(14(9)16)18-8-10-5-6-11(15)12(17)7-10/h2-7,18H,8H2,1H3. The highest BCUT2D eigenvalue weighted by atomic mass is 79.9. The van der Waals surface area contributed by atoms with E-state index in [0.29, 0.717) is 0 Å². The number of anilines is 1. The van der Waals surface area contributed by atoms with E-state index in [1.54, 1.807) is 0 Å². The van der Waals surface area contributed by atoms with Crippen LogP contribution in [0.5, 0.6) is 0 Å². The lowest BCUT2D eigenvalue weighted by Gasteiger charge is -2.10. The lowest BCUT2D eigenvalue weighted by Crippen LogP contribution is -2.00. The van der Waals surface area contributed by atoms with E-state index >= 15 is 0 Å². The van der Waals surface area contributed by atoms with Crippen LogP contribution in [0.3, 0.4) is 0 Å². The molecule has 1 nitrogen and oxygen atoms in total. The van der Waals surface area contributed by atoms with Crippen LogP contribution in [0.15, 0.2) is 45.3 Å². The van der Waals surface area contributed by atoms with Crippen molar-refractivity contribution >= 4 is 49.1 Å². The Labute approximate surface area is 129 Å². The van der Waals surface area contributed by atoms with Crippen molar-refractivity contribution in [1.29, 1.82) is 0 Å². The molecule has 0 aromatic heterocycles. The van der Waals surface area contributed by atoms with Gasteiger partial charge >= 0.3 is 0 Å². The van der Waals surface area contributed by atoms with Crippen LogP contribution in [-0.2, 0) is 6.54 Å². The summed E-state index contributed by atoms with van der Waals surface area (Å²) in [7, 11) is 0. The lowest BCUT2D eigenvalue weighted by molar-refractivity contribution is 1.14. The molecule has 0 unspecified atom stereocenters. The van der Waals surface area contributed by atoms with Crippen LogP contribution in [-0.4, -0.2) is 0 Å². The summed E-state index contributed by atoms with van der Waals surface area (Å²) in [5, 5.41) is 4.13. The molecule has 0 aliphatic rings. The molecular formula is C14H12Br2ClN. The number of nitrogens with one attached hydrogen (secondary N) is 1. The summed E-state index contributed by atoms with van der Waals surface area (Å²) in [5.41, 5.74) is 3.46. The van der Waals surface area contributed by atoms with Gasteiger partial charge in [-0.3, -0.25) is 0 Å². The molecule has 4 heteroatoms. The Bertz CT molecular complexity index is 570. The molecule has 94 valence electrons. The topological polar surface area (TPSA) is 12.0 Å². The van der Waals surface area contributed by atoms with Crippen molar-refractivity contribution in [3.63, 3.8) is 0 Å². The maximum Gasteiger partial charge on any atom is 0.0551 e. The molecule has 0 bridgehead atoms. The minimum Gasteiger partial charge on any atom is -0.380 e. The second-order valence-electron chi connectivity index (χ2n) is 4.04. The van der Waals surface area contributed by atoms with E-state index < -0.39 is 0 Å². The SMILES string of the molecule is Cc1cccc(NCc2ccc(Br)c(Cl)c2)c1Br. The van der Waals surface area contributed by atoms with Crippen LogP contribution in [0.4, 0.5) is 5.69 Å².